The van der Waals surface area contributed by atoms with Crippen LogP contribution in [0, 0.1) is 20.2 Å². The number of furan rings is 1. The van der Waals surface area contributed by atoms with E-state index >= 15 is 0 Å². The Morgan fingerprint density at radius 2 is 1.68 bits per heavy atom. The molecule has 12 nitrogen and oxygen atoms in total. The average molecular weight is 485 g/mol. The number of non-ortho nitro benzene ring substituents is 1. The number of nitrogens with zero attached hydrogens (tertiary/aromatic N) is 4. The van der Waals surface area contributed by atoms with Gasteiger partial charge in [-0.15, -0.1) is 0 Å². The first kappa shape index (κ1) is 23.1. The lowest BCUT2D eigenvalue weighted by molar-refractivity contribution is -0.384. The number of nitro groups is 2. The molecule has 1 fully saturated rings. The van der Waals surface area contributed by atoms with Gasteiger partial charge < -0.3 is 4.42 Å². The molecule has 1 aliphatic rings. The molecule has 1 N–H and O–H groups in total. The van der Waals surface area contributed by atoms with Gasteiger partial charge in [-0.25, -0.2) is 8.42 Å². The molecule has 13 heteroatoms. The Kier molecular flexibility index (Phi) is 6.38. The zero-order chi connectivity index (χ0) is 24.3. The van der Waals surface area contributed by atoms with Crippen molar-refractivity contribution in [3.8, 4) is 11.3 Å². The zero-order valence-electron chi connectivity index (χ0n) is 17.7. The highest BCUT2D eigenvalue weighted by atomic mass is 32.2. The number of nitro benzene ring substituents is 2. The molecule has 3 aromatic rings. The Hall–Kier alpha value is -4.10. The Morgan fingerprint density at radius 3 is 2.32 bits per heavy atom. The summed E-state index contributed by atoms with van der Waals surface area (Å²) in [5.41, 5.74) is 2.72. The summed E-state index contributed by atoms with van der Waals surface area (Å²) >= 11 is 0. The molecule has 0 saturated carbocycles. The molecule has 2 aromatic carbocycles. The van der Waals surface area contributed by atoms with Crippen LogP contribution in [0.1, 0.15) is 18.6 Å². The highest BCUT2D eigenvalue weighted by Gasteiger charge is 2.29. The predicted octanol–water partition coefficient (Wildman–Crippen LogP) is 3.99. The van der Waals surface area contributed by atoms with E-state index in [1.807, 2.05) is 0 Å². The van der Waals surface area contributed by atoms with Crippen LogP contribution in [-0.2, 0) is 10.0 Å². The van der Waals surface area contributed by atoms with Gasteiger partial charge in [-0.1, -0.05) is 0 Å². The predicted molar refractivity (Wildman–Crippen MR) is 123 cm³/mol. The summed E-state index contributed by atoms with van der Waals surface area (Å²) in [4.78, 5) is 21.0. The highest BCUT2D eigenvalue weighted by molar-refractivity contribution is 7.89. The van der Waals surface area contributed by atoms with Crippen LogP contribution in [0.5, 0.6) is 0 Å². The number of rotatable bonds is 8. The lowest BCUT2D eigenvalue weighted by Gasteiger charge is -2.15. The molecule has 2 heterocycles. The minimum absolute atomic E-state index is 0.0174. The van der Waals surface area contributed by atoms with E-state index < -0.39 is 25.6 Å². The minimum Gasteiger partial charge on any atom is -0.455 e. The second kappa shape index (κ2) is 9.41. The SMILES string of the molecule is O=[N+]([O-])c1ccc(-c2ccc(/C=N/Nc3ccc(S(=O)(=O)N4CCCC4)cc3[N+](=O)[O-])o2)cc1. The minimum atomic E-state index is -3.80. The maximum atomic E-state index is 12.7. The first-order valence-corrected chi connectivity index (χ1v) is 11.6. The molecule has 4 rings (SSSR count). The smallest absolute Gasteiger partial charge is 0.295 e. The largest absolute Gasteiger partial charge is 0.455 e. The third-order valence-corrected chi connectivity index (χ3v) is 7.13. The van der Waals surface area contributed by atoms with Crippen molar-refractivity contribution in [1.82, 2.24) is 4.31 Å². The maximum absolute atomic E-state index is 12.7. The molecular formula is C21H19N5O7S. The van der Waals surface area contributed by atoms with Crippen LogP contribution >= 0.6 is 0 Å². The number of hydrogen-bond donors (Lipinski definition) is 1. The van der Waals surface area contributed by atoms with Crippen LogP contribution in [0.4, 0.5) is 17.1 Å². The third kappa shape index (κ3) is 4.79. The van der Waals surface area contributed by atoms with Crippen LogP contribution in [0.25, 0.3) is 11.3 Å². The van der Waals surface area contributed by atoms with Crippen molar-refractivity contribution in [2.24, 2.45) is 5.10 Å². The van der Waals surface area contributed by atoms with Crippen molar-refractivity contribution in [3.63, 3.8) is 0 Å². The summed E-state index contributed by atoms with van der Waals surface area (Å²) in [5.74, 6) is 0.788. The lowest BCUT2D eigenvalue weighted by atomic mass is 10.1. The molecule has 0 spiro atoms. The highest BCUT2D eigenvalue weighted by Crippen LogP contribution is 2.30. The fourth-order valence-electron chi connectivity index (χ4n) is 3.49. The van der Waals surface area contributed by atoms with Gasteiger partial charge >= 0.3 is 0 Å². The number of nitrogens with one attached hydrogen (secondary N) is 1. The number of benzene rings is 2. The Morgan fingerprint density at radius 1 is 0.971 bits per heavy atom. The van der Waals surface area contributed by atoms with Crippen LogP contribution in [-0.4, -0.2) is 41.9 Å². The van der Waals surface area contributed by atoms with Gasteiger partial charge in [0, 0.05) is 36.9 Å². The van der Waals surface area contributed by atoms with Gasteiger partial charge in [0.15, 0.2) is 0 Å². The molecule has 176 valence electrons. The van der Waals surface area contributed by atoms with Gasteiger partial charge in [-0.05, 0) is 49.2 Å². The van der Waals surface area contributed by atoms with Gasteiger partial charge in [-0.2, -0.15) is 9.41 Å². The van der Waals surface area contributed by atoms with Crippen molar-refractivity contribution in [2.45, 2.75) is 17.7 Å². The van der Waals surface area contributed by atoms with E-state index in [1.165, 1.54) is 34.8 Å². The number of anilines is 1. The van der Waals surface area contributed by atoms with E-state index in [0.717, 1.165) is 18.9 Å². The van der Waals surface area contributed by atoms with Crippen molar-refractivity contribution >= 4 is 33.3 Å². The summed E-state index contributed by atoms with van der Waals surface area (Å²) in [6, 6.07) is 12.7. The molecule has 1 saturated heterocycles. The van der Waals surface area contributed by atoms with E-state index in [4.69, 9.17) is 4.42 Å². The quantitative estimate of drug-likeness (QED) is 0.284. The number of hydrogen-bond acceptors (Lipinski definition) is 9. The molecule has 0 radical (unpaired) electrons. The van der Waals surface area contributed by atoms with Crippen molar-refractivity contribution in [3.05, 3.63) is 80.6 Å². The number of sulfonamides is 1. The monoisotopic (exact) mass is 485 g/mol. The van der Waals surface area contributed by atoms with Gasteiger partial charge in [0.1, 0.15) is 17.2 Å². The fourth-order valence-corrected chi connectivity index (χ4v) is 5.02. The summed E-state index contributed by atoms with van der Waals surface area (Å²) in [6.07, 6.45) is 2.82. The Balaban J connectivity index is 1.49. The van der Waals surface area contributed by atoms with Crippen molar-refractivity contribution in [1.29, 1.82) is 0 Å². The van der Waals surface area contributed by atoms with Gasteiger partial charge in [0.05, 0.1) is 21.0 Å². The number of hydrazone groups is 1. The van der Waals surface area contributed by atoms with Crippen molar-refractivity contribution in [2.75, 3.05) is 18.5 Å². The summed E-state index contributed by atoms with van der Waals surface area (Å²) in [7, 11) is -3.80. The fraction of sp³-hybridized carbons (Fsp3) is 0.190. The van der Waals surface area contributed by atoms with Gasteiger partial charge in [-0.3, -0.25) is 25.7 Å². The second-order valence-electron chi connectivity index (χ2n) is 7.42. The van der Waals surface area contributed by atoms with Crippen molar-refractivity contribution < 1.29 is 22.7 Å². The first-order chi connectivity index (χ1) is 16.3. The standard InChI is InChI=1S/C21H19N5O7S/c27-25(28)16-5-3-15(4-6-16)21-10-7-17(33-21)14-22-23-19-9-8-18(13-20(19)26(29)30)34(31,32)24-11-1-2-12-24/h3-10,13-14,23H,1-2,11-12H2/b22-14+. The van der Waals surface area contributed by atoms with Gasteiger partial charge in [0.2, 0.25) is 10.0 Å². The van der Waals surface area contributed by atoms with Crippen LogP contribution in [0.3, 0.4) is 0 Å². The van der Waals surface area contributed by atoms with E-state index in [-0.39, 0.29) is 16.3 Å². The molecule has 0 aliphatic carbocycles. The third-order valence-electron chi connectivity index (χ3n) is 5.23. The first-order valence-electron chi connectivity index (χ1n) is 10.2. The zero-order valence-corrected chi connectivity index (χ0v) is 18.5. The molecular weight excluding hydrogens is 466 g/mol. The van der Waals surface area contributed by atoms with E-state index in [0.29, 0.717) is 30.2 Å². The van der Waals surface area contributed by atoms with Crippen LogP contribution in [0.2, 0.25) is 0 Å². The Labute approximate surface area is 193 Å². The average Bonchev–Trinajstić information content (AvgIpc) is 3.52. The second-order valence-corrected chi connectivity index (χ2v) is 9.36. The summed E-state index contributed by atoms with van der Waals surface area (Å²) < 4.78 is 32.3. The topological polar surface area (TPSA) is 161 Å². The van der Waals surface area contributed by atoms with E-state index in [2.05, 4.69) is 10.5 Å². The molecule has 0 atom stereocenters. The van der Waals surface area contributed by atoms with Crippen LogP contribution in [0.15, 0.2) is 69.0 Å². The molecule has 1 aliphatic heterocycles. The maximum Gasteiger partial charge on any atom is 0.295 e. The molecule has 34 heavy (non-hydrogen) atoms. The molecule has 1 aromatic heterocycles. The molecule has 0 unspecified atom stereocenters. The van der Waals surface area contributed by atoms with Crippen LogP contribution < -0.4 is 5.43 Å². The summed E-state index contributed by atoms with van der Waals surface area (Å²) in [5, 5.41) is 26.2. The van der Waals surface area contributed by atoms with E-state index in [9.17, 15) is 28.6 Å². The summed E-state index contributed by atoms with van der Waals surface area (Å²) in [6.45, 7) is 0.789. The Bertz CT molecular complexity index is 1360. The van der Waals surface area contributed by atoms with E-state index in [1.54, 1.807) is 24.3 Å². The van der Waals surface area contributed by atoms with Gasteiger partial charge in [0.25, 0.3) is 11.4 Å². The molecule has 0 bridgehead atoms. The lowest BCUT2D eigenvalue weighted by Crippen LogP contribution is -2.27. The molecule has 0 amide bonds. The normalized spacial score (nSPS) is 14.5.